The number of benzene rings is 1. The van der Waals surface area contributed by atoms with Crippen LogP contribution < -0.4 is 0 Å². The van der Waals surface area contributed by atoms with E-state index in [1.165, 1.54) is 5.56 Å². The third kappa shape index (κ3) is 2.84. The van der Waals surface area contributed by atoms with Gasteiger partial charge in [-0.25, -0.2) is 4.79 Å². The summed E-state index contributed by atoms with van der Waals surface area (Å²) in [7, 11) is 0. The van der Waals surface area contributed by atoms with E-state index in [0.29, 0.717) is 5.56 Å². The van der Waals surface area contributed by atoms with E-state index in [0.717, 1.165) is 38.0 Å². The first-order valence-electron chi connectivity index (χ1n) is 5.89. The Morgan fingerprint density at radius 1 is 1.35 bits per heavy atom. The molecule has 1 aromatic carbocycles. The quantitative estimate of drug-likeness (QED) is 0.821. The predicted molar refractivity (Wildman–Crippen MR) is 64.1 cm³/mol. The van der Waals surface area contributed by atoms with Gasteiger partial charge in [-0.2, -0.15) is 0 Å². The Labute approximate surface area is 100 Å². The van der Waals surface area contributed by atoms with E-state index in [2.05, 4.69) is 4.90 Å². The van der Waals surface area contributed by atoms with Crippen LogP contribution in [0, 0.1) is 0 Å². The third-order valence-corrected chi connectivity index (χ3v) is 3.18. The molecule has 0 saturated carbocycles. The molecule has 0 amide bonds. The highest BCUT2D eigenvalue weighted by Crippen LogP contribution is 2.20. The first-order valence-corrected chi connectivity index (χ1v) is 5.89. The number of nitrogens with zero attached hydrogens (tertiary/aromatic N) is 1. The van der Waals surface area contributed by atoms with Gasteiger partial charge in [0.25, 0.3) is 0 Å². The summed E-state index contributed by atoms with van der Waals surface area (Å²) >= 11 is 0. The van der Waals surface area contributed by atoms with E-state index < -0.39 is 5.97 Å². The van der Waals surface area contributed by atoms with Crippen LogP contribution in [-0.4, -0.2) is 40.8 Å². The standard InChI is InChI=1S/C13H17NO3/c15-7-1-5-14-6-4-10-2-3-11(13(16)17)8-12(10)9-14/h2-3,8,15H,1,4-7,9H2,(H,16,17). The number of hydrogen-bond donors (Lipinski definition) is 2. The average Bonchev–Trinajstić information content (AvgIpc) is 2.35. The van der Waals surface area contributed by atoms with Gasteiger partial charge in [-0.05, 0) is 36.1 Å². The molecule has 17 heavy (non-hydrogen) atoms. The van der Waals surface area contributed by atoms with Gasteiger partial charge < -0.3 is 10.2 Å². The molecule has 0 atom stereocenters. The lowest BCUT2D eigenvalue weighted by molar-refractivity contribution is 0.0696. The van der Waals surface area contributed by atoms with Crippen molar-refractivity contribution in [3.8, 4) is 0 Å². The zero-order chi connectivity index (χ0) is 12.3. The highest BCUT2D eigenvalue weighted by Gasteiger charge is 2.17. The summed E-state index contributed by atoms with van der Waals surface area (Å²) in [4.78, 5) is 13.1. The van der Waals surface area contributed by atoms with Gasteiger partial charge in [0, 0.05) is 26.2 Å². The molecule has 0 unspecified atom stereocenters. The molecule has 0 fully saturated rings. The Hall–Kier alpha value is -1.39. The average molecular weight is 235 g/mol. The first-order chi connectivity index (χ1) is 8.20. The normalized spacial score (nSPS) is 15.6. The SMILES string of the molecule is O=C(O)c1ccc2c(c1)CN(CCCO)CC2. The Morgan fingerprint density at radius 2 is 2.18 bits per heavy atom. The summed E-state index contributed by atoms with van der Waals surface area (Å²) in [5, 5.41) is 17.8. The van der Waals surface area contributed by atoms with Crippen molar-refractivity contribution in [2.75, 3.05) is 19.7 Å². The predicted octanol–water partition coefficient (Wildman–Crippen LogP) is 1.13. The molecule has 4 heteroatoms. The molecule has 0 aliphatic carbocycles. The number of aromatic carboxylic acids is 1. The molecule has 0 bridgehead atoms. The van der Waals surface area contributed by atoms with Crippen molar-refractivity contribution in [3.63, 3.8) is 0 Å². The summed E-state index contributed by atoms with van der Waals surface area (Å²) in [6.45, 7) is 2.85. The zero-order valence-corrected chi connectivity index (χ0v) is 9.72. The van der Waals surface area contributed by atoms with Crippen LogP contribution in [0.2, 0.25) is 0 Å². The van der Waals surface area contributed by atoms with Crippen LogP contribution >= 0.6 is 0 Å². The van der Waals surface area contributed by atoms with Crippen LogP contribution in [0.25, 0.3) is 0 Å². The van der Waals surface area contributed by atoms with Gasteiger partial charge >= 0.3 is 5.97 Å². The number of fused-ring (bicyclic) bond motifs is 1. The fourth-order valence-corrected chi connectivity index (χ4v) is 2.23. The molecule has 4 nitrogen and oxygen atoms in total. The number of aliphatic hydroxyl groups is 1. The summed E-state index contributed by atoms with van der Waals surface area (Å²) in [6, 6.07) is 5.36. The minimum absolute atomic E-state index is 0.207. The highest BCUT2D eigenvalue weighted by atomic mass is 16.4. The summed E-state index contributed by atoms with van der Waals surface area (Å²) < 4.78 is 0. The van der Waals surface area contributed by atoms with Crippen molar-refractivity contribution in [1.82, 2.24) is 4.90 Å². The second-order valence-electron chi connectivity index (χ2n) is 4.39. The van der Waals surface area contributed by atoms with Crippen molar-refractivity contribution >= 4 is 5.97 Å². The highest BCUT2D eigenvalue weighted by molar-refractivity contribution is 5.87. The lowest BCUT2D eigenvalue weighted by Crippen LogP contribution is -2.31. The van der Waals surface area contributed by atoms with E-state index in [4.69, 9.17) is 10.2 Å². The molecule has 0 radical (unpaired) electrons. The van der Waals surface area contributed by atoms with Gasteiger partial charge in [-0.1, -0.05) is 6.07 Å². The van der Waals surface area contributed by atoms with Crippen LogP contribution in [-0.2, 0) is 13.0 Å². The number of carbonyl (C=O) groups is 1. The van der Waals surface area contributed by atoms with Crippen molar-refractivity contribution in [3.05, 3.63) is 34.9 Å². The van der Waals surface area contributed by atoms with Crippen molar-refractivity contribution in [2.45, 2.75) is 19.4 Å². The first kappa shape index (κ1) is 12.1. The van der Waals surface area contributed by atoms with Gasteiger partial charge in [-0.15, -0.1) is 0 Å². The molecular formula is C13H17NO3. The topological polar surface area (TPSA) is 60.8 Å². The summed E-state index contributed by atoms with van der Waals surface area (Å²) in [5.41, 5.74) is 2.71. The smallest absolute Gasteiger partial charge is 0.335 e. The van der Waals surface area contributed by atoms with Gasteiger partial charge in [0.15, 0.2) is 0 Å². The van der Waals surface area contributed by atoms with E-state index in [1.54, 1.807) is 12.1 Å². The van der Waals surface area contributed by atoms with E-state index in [-0.39, 0.29) is 6.61 Å². The molecule has 0 aromatic heterocycles. The number of carboxylic acid groups (broad SMARTS) is 1. The van der Waals surface area contributed by atoms with Crippen molar-refractivity contribution in [1.29, 1.82) is 0 Å². The van der Waals surface area contributed by atoms with E-state index in [9.17, 15) is 4.79 Å². The lowest BCUT2D eigenvalue weighted by Gasteiger charge is -2.28. The van der Waals surface area contributed by atoms with Crippen LogP contribution in [0.15, 0.2) is 18.2 Å². The van der Waals surface area contributed by atoms with E-state index in [1.807, 2.05) is 6.07 Å². The molecule has 92 valence electrons. The van der Waals surface area contributed by atoms with Gasteiger partial charge in [0.1, 0.15) is 0 Å². The number of carboxylic acids is 1. The Kier molecular flexibility index (Phi) is 3.76. The molecule has 0 spiro atoms. The largest absolute Gasteiger partial charge is 0.478 e. The summed E-state index contributed by atoms with van der Waals surface area (Å²) in [6.07, 6.45) is 1.73. The van der Waals surface area contributed by atoms with Crippen molar-refractivity contribution < 1.29 is 15.0 Å². The van der Waals surface area contributed by atoms with Crippen LogP contribution in [0.4, 0.5) is 0 Å². The zero-order valence-electron chi connectivity index (χ0n) is 9.72. The minimum atomic E-state index is -0.875. The molecule has 2 N–H and O–H groups in total. The molecule has 1 aliphatic rings. The molecule has 1 aliphatic heterocycles. The number of hydrogen-bond acceptors (Lipinski definition) is 3. The Bertz CT molecular complexity index is 417. The molecule has 1 heterocycles. The van der Waals surface area contributed by atoms with Crippen LogP contribution in [0.5, 0.6) is 0 Å². The molecule has 1 aromatic rings. The lowest BCUT2D eigenvalue weighted by atomic mass is 9.97. The maximum absolute atomic E-state index is 10.9. The molecule has 2 rings (SSSR count). The third-order valence-electron chi connectivity index (χ3n) is 3.18. The number of aliphatic hydroxyl groups excluding tert-OH is 1. The van der Waals surface area contributed by atoms with Crippen LogP contribution in [0.1, 0.15) is 27.9 Å². The second kappa shape index (κ2) is 5.29. The van der Waals surface area contributed by atoms with Crippen molar-refractivity contribution in [2.24, 2.45) is 0 Å². The van der Waals surface area contributed by atoms with Gasteiger partial charge in [0.2, 0.25) is 0 Å². The molecule has 0 saturated heterocycles. The monoisotopic (exact) mass is 235 g/mol. The number of rotatable bonds is 4. The van der Waals surface area contributed by atoms with Crippen LogP contribution in [0.3, 0.4) is 0 Å². The Morgan fingerprint density at radius 3 is 2.88 bits per heavy atom. The van der Waals surface area contributed by atoms with Gasteiger partial charge in [0.05, 0.1) is 5.56 Å². The fraction of sp³-hybridized carbons (Fsp3) is 0.462. The van der Waals surface area contributed by atoms with Gasteiger partial charge in [-0.3, -0.25) is 4.90 Å². The minimum Gasteiger partial charge on any atom is -0.478 e. The maximum atomic E-state index is 10.9. The second-order valence-corrected chi connectivity index (χ2v) is 4.39. The summed E-state index contributed by atoms with van der Waals surface area (Å²) in [5.74, 6) is -0.875. The van der Waals surface area contributed by atoms with E-state index >= 15 is 0 Å². The Balaban J connectivity index is 2.12. The maximum Gasteiger partial charge on any atom is 0.335 e. The fourth-order valence-electron chi connectivity index (χ4n) is 2.23. The molecular weight excluding hydrogens is 218 g/mol.